The molecule has 0 fully saturated rings. The van der Waals surface area contributed by atoms with Crippen LogP contribution in [0.1, 0.15) is 59.4 Å². The molecule has 5 nitrogen and oxygen atoms in total. The summed E-state index contributed by atoms with van der Waals surface area (Å²) in [5.41, 5.74) is -0.933. The van der Waals surface area contributed by atoms with Gasteiger partial charge in [-0.15, -0.1) is 0 Å². The molecule has 0 aliphatic heterocycles. The minimum Gasteiger partial charge on any atom is -0.444 e. The van der Waals surface area contributed by atoms with Gasteiger partial charge in [0, 0.05) is 22.3 Å². The Morgan fingerprint density at radius 2 is 1.85 bits per heavy atom. The average molecular weight is 449 g/mol. The van der Waals surface area contributed by atoms with E-state index in [1.54, 1.807) is 33.8 Å². The zero-order valence-electron chi connectivity index (χ0n) is 15.9. The molecular weight excluding hydrogens is 422 g/mol. The zero-order valence-corrected chi connectivity index (χ0v) is 18.3. The molecule has 0 heterocycles. The summed E-state index contributed by atoms with van der Waals surface area (Å²) in [6.45, 7) is 8.87. The number of carbonyl (C=O) groups excluding carboxylic acids is 2. The highest BCUT2D eigenvalue weighted by molar-refractivity contribution is 9.10. The Kier molecular flexibility index (Phi) is 8.41. The lowest BCUT2D eigenvalue weighted by Crippen LogP contribution is -2.51. The van der Waals surface area contributed by atoms with E-state index in [1.165, 1.54) is 0 Å². The molecule has 1 rings (SSSR count). The normalized spacial score (nSPS) is 13.7. The number of carbonyl (C=O) groups is 2. The Morgan fingerprint density at radius 1 is 1.19 bits per heavy atom. The van der Waals surface area contributed by atoms with E-state index in [2.05, 4.69) is 21.2 Å². The Balaban J connectivity index is 2.88. The van der Waals surface area contributed by atoms with Gasteiger partial charge in [0.1, 0.15) is 5.60 Å². The molecule has 26 heavy (non-hydrogen) atoms. The summed E-state index contributed by atoms with van der Waals surface area (Å²) in [5.74, 6) is -0.368. The number of amides is 1. The highest BCUT2D eigenvalue weighted by Gasteiger charge is 2.32. The lowest BCUT2D eigenvalue weighted by Gasteiger charge is -2.32. The van der Waals surface area contributed by atoms with Crippen LogP contribution in [-0.4, -0.2) is 23.4 Å². The fourth-order valence-corrected chi connectivity index (χ4v) is 3.03. The number of aryl methyl sites for hydroxylation is 1. The van der Waals surface area contributed by atoms with Gasteiger partial charge < -0.3 is 9.47 Å². The zero-order chi connectivity index (χ0) is 20.0. The van der Waals surface area contributed by atoms with Gasteiger partial charge in [-0.05, 0) is 58.2 Å². The molecule has 0 unspecified atom stereocenters. The quantitative estimate of drug-likeness (QED) is 0.434. The van der Waals surface area contributed by atoms with Gasteiger partial charge in [-0.25, -0.2) is 4.79 Å². The molecule has 1 amide bonds. The van der Waals surface area contributed by atoms with Crippen molar-refractivity contribution in [3.05, 3.63) is 33.3 Å². The first kappa shape index (κ1) is 22.8. The minimum atomic E-state index is -1.19. The third-order valence-electron chi connectivity index (χ3n) is 3.45. The van der Waals surface area contributed by atoms with E-state index < -0.39 is 17.4 Å². The monoisotopic (exact) mass is 447 g/mol. The molecule has 0 bridgehead atoms. The molecule has 0 radical (unpaired) electrons. The molecular formula is C19H27BrClNO4. The molecule has 7 heteroatoms. The maximum Gasteiger partial charge on any atom is 0.410 e. The smallest absolute Gasteiger partial charge is 0.410 e. The molecule has 1 atom stereocenters. The van der Waals surface area contributed by atoms with Gasteiger partial charge >= 0.3 is 12.1 Å². The van der Waals surface area contributed by atoms with E-state index in [0.717, 1.165) is 10.0 Å². The lowest BCUT2D eigenvalue weighted by molar-refractivity contribution is -0.161. The Hall–Kier alpha value is -1.27. The largest absolute Gasteiger partial charge is 0.444 e. The molecule has 1 N–H and O–H groups in total. The number of rotatable bonds is 7. The summed E-state index contributed by atoms with van der Waals surface area (Å²) in [6.07, 6.45) is 1.21. The number of nitrogens with one attached hydrogen (secondary N) is 1. The van der Waals surface area contributed by atoms with Crippen LogP contribution < -0.4 is 5.32 Å². The van der Waals surface area contributed by atoms with Gasteiger partial charge in [0.2, 0.25) is 0 Å². The lowest BCUT2D eigenvalue weighted by atomic mass is 10.0. The highest BCUT2D eigenvalue weighted by atomic mass is 79.9. The summed E-state index contributed by atoms with van der Waals surface area (Å²) >= 11 is 9.63. The van der Waals surface area contributed by atoms with Crippen LogP contribution in [0, 0.1) is 0 Å². The Morgan fingerprint density at radius 3 is 2.38 bits per heavy atom. The van der Waals surface area contributed by atoms with Gasteiger partial charge in [0.15, 0.2) is 5.72 Å². The molecule has 0 saturated carbocycles. The van der Waals surface area contributed by atoms with Crippen LogP contribution in [-0.2, 0) is 20.7 Å². The standard InChI is InChI=1S/C19H27BrClNO4/c1-6-7-16(23)25-19(5,22-17(24)26-18(2,3)4)11-10-13-8-9-14(20)12-15(13)21/h8-9,12H,6-7,10-11H2,1-5H3,(H,22,24)/t19-/m0/s1. The van der Waals surface area contributed by atoms with Crippen molar-refractivity contribution < 1.29 is 19.1 Å². The van der Waals surface area contributed by atoms with Gasteiger partial charge in [0.25, 0.3) is 0 Å². The first-order chi connectivity index (χ1) is 11.9. The van der Waals surface area contributed by atoms with E-state index in [9.17, 15) is 9.59 Å². The highest BCUT2D eigenvalue weighted by Crippen LogP contribution is 2.25. The molecule has 146 valence electrons. The van der Waals surface area contributed by atoms with E-state index in [0.29, 0.717) is 24.3 Å². The molecule has 0 spiro atoms. The number of benzene rings is 1. The van der Waals surface area contributed by atoms with Crippen LogP contribution in [0.2, 0.25) is 5.02 Å². The molecule has 0 saturated heterocycles. The Labute approximate surface area is 168 Å². The third-order valence-corrected chi connectivity index (χ3v) is 4.29. The second-order valence-corrected chi connectivity index (χ2v) is 8.64. The van der Waals surface area contributed by atoms with Crippen molar-refractivity contribution in [1.29, 1.82) is 0 Å². The predicted molar refractivity (Wildman–Crippen MR) is 106 cm³/mol. The third kappa shape index (κ3) is 8.41. The van der Waals surface area contributed by atoms with Crippen molar-refractivity contribution in [3.8, 4) is 0 Å². The fraction of sp³-hybridized carbons (Fsp3) is 0.579. The van der Waals surface area contributed by atoms with Gasteiger partial charge in [-0.2, -0.15) is 0 Å². The SMILES string of the molecule is CCCC(=O)O[C@@](C)(CCc1ccc(Br)cc1Cl)NC(=O)OC(C)(C)C. The van der Waals surface area contributed by atoms with Crippen LogP contribution in [0.3, 0.4) is 0 Å². The summed E-state index contributed by atoms with van der Waals surface area (Å²) in [4.78, 5) is 24.2. The molecule has 0 aliphatic carbocycles. The number of esters is 1. The molecule has 0 aliphatic rings. The van der Waals surface area contributed by atoms with Gasteiger partial charge in [-0.3, -0.25) is 10.1 Å². The maximum atomic E-state index is 12.2. The minimum absolute atomic E-state index is 0.282. The Bertz CT molecular complexity index is 645. The first-order valence-corrected chi connectivity index (χ1v) is 9.78. The maximum absolute atomic E-state index is 12.2. The summed E-state index contributed by atoms with van der Waals surface area (Å²) in [5, 5.41) is 3.29. The van der Waals surface area contributed by atoms with Crippen LogP contribution in [0.5, 0.6) is 0 Å². The van der Waals surface area contributed by atoms with E-state index >= 15 is 0 Å². The van der Waals surface area contributed by atoms with Crippen LogP contribution in [0.4, 0.5) is 4.79 Å². The summed E-state index contributed by atoms with van der Waals surface area (Å²) in [6, 6.07) is 5.59. The topological polar surface area (TPSA) is 64.6 Å². The second-order valence-electron chi connectivity index (χ2n) is 7.32. The number of ether oxygens (including phenoxy) is 2. The van der Waals surface area contributed by atoms with E-state index in [-0.39, 0.29) is 12.4 Å². The van der Waals surface area contributed by atoms with Crippen molar-refractivity contribution in [2.45, 2.75) is 71.6 Å². The summed E-state index contributed by atoms with van der Waals surface area (Å²) in [7, 11) is 0. The number of hydrogen-bond acceptors (Lipinski definition) is 4. The van der Waals surface area contributed by atoms with Crippen molar-refractivity contribution >= 4 is 39.6 Å². The van der Waals surface area contributed by atoms with Crippen molar-refractivity contribution in [2.24, 2.45) is 0 Å². The molecule has 1 aromatic rings. The second kappa shape index (κ2) is 9.60. The van der Waals surface area contributed by atoms with Crippen molar-refractivity contribution in [2.75, 3.05) is 0 Å². The number of hydrogen-bond donors (Lipinski definition) is 1. The van der Waals surface area contributed by atoms with Gasteiger partial charge in [-0.1, -0.05) is 40.5 Å². The molecule has 0 aromatic heterocycles. The van der Waals surface area contributed by atoms with Crippen LogP contribution >= 0.6 is 27.5 Å². The van der Waals surface area contributed by atoms with Gasteiger partial charge in [0.05, 0.1) is 0 Å². The van der Waals surface area contributed by atoms with Crippen molar-refractivity contribution in [3.63, 3.8) is 0 Å². The predicted octanol–water partition coefficient (Wildman–Crippen LogP) is 5.62. The fourth-order valence-electron chi connectivity index (χ4n) is 2.26. The first-order valence-electron chi connectivity index (χ1n) is 8.61. The van der Waals surface area contributed by atoms with E-state index in [1.807, 2.05) is 19.1 Å². The molecule has 1 aromatic carbocycles. The van der Waals surface area contributed by atoms with Crippen LogP contribution in [0.15, 0.2) is 22.7 Å². The van der Waals surface area contributed by atoms with E-state index in [4.69, 9.17) is 21.1 Å². The average Bonchev–Trinajstić information content (AvgIpc) is 2.43. The van der Waals surface area contributed by atoms with Crippen molar-refractivity contribution in [1.82, 2.24) is 5.32 Å². The van der Waals surface area contributed by atoms with Crippen LogP contribution in [0.25, 0.3) is 0 Å². The summed E-state index contributed by atoms with van der Waals surface area (Å²) < 4.78 is 11.7. The number of halogens is 2. The number of alkyl carbamates (subject to hydrolysis) is 1.